The normalized spacial score (nSPS) is 19.3. The molecule has 1 aromatic rings. The van der Waals surface area contributed by atoms with Crippen molar-refractivity contribution >= 4 is 16.0 Å². The molecule has 0 spiro atoms. The Hall–Kier alpha value is -0.910. The molecule has 1 aliphatic rings. The summed E-state index contributed by atoms with van der Waals surface area (Å²) in [5.74, 6) is 0. The second kappa shape index (κ2) is 2.79. The highest BCUT2D eigenvalue weighted by Gasteiger charge is 2.56. The van der Waals surface area contributed by atoms with Crippen molar-refractivity contribution in [2.45, 2.75) is 6.92 Å². The number of hydrogen-bond acceptors (Lipinski definition) is 2. The van der Waals surface area contributed by atoms with Crippen LogP contribution in [0.2, 0.25) is 0 Å². The number of nitrogens with zero attached hydrogens (tertiary/aromatic N) is 1. The molecular formula is C9H12NO3S+. The highest BCUT2D eigenvalue weighted by atomic mass is 32.2. The fourth-order valence-corrected chi connectivity index (χ4v) is 2.70. The molecule has 0 atom stereocenters. The van der Waals surface area contributed by atoms with Gasteiger partial charge in [0, 0.05) is 11.6 Å². The number of quaternary nitrogens is 1. The van der Waals surface area contributed by atoms with Gasteiger partial charge in [-0.05, 0) is 6.92 Å². The molecule has 1 aliphatic heterocycles. The van der Waals surface area contributed by atoms with Crippen molar-refractivity contribution in [3.63, 3.8) is 0 Å². The van der Waals surface area contributed by atoms with Crippen LogP contribution in [0.25, 0.3) is 0 Å². The molecule has 0 aliphatic carbocycles. The van der Waals surface area contributed by atoms with Gasteiger partial charge < -0.3 is 0 Å². The topological polar surface area (TPSA) is 54.4 Å². The third-order valence-corrected chi connectivity index (χ3v) is 4.07. The van der Waals surface area contributed by atoms with E-state index in [1.165, 1.54) is 0 Å². The zero-order valence-corrected chi connectivity index (χ0v) is 8.66. The summed E-state index contributed by atoms with van der Waals surface area (Å²) in [7, 11) is -4.03. The monoisotopic (exact) mass is 214 g/mol. The molecule has 1 N–H and O–H groups in total. The summed E-state index contributed by atoms with van der Waals surface area (Å²) in [6, 6.07) is 7.23. The molecular weight excluding hydrogens is 202 g/mol. The Morgan fingerprint density at radius 3 is 2.29 bits per heavy atom. The van der Waals surface area contributed by atoms with E-state index in [0.29, 0.717) is 18.8 Å². The molecule has 4 nitrogen and oxygen atoms in total. The molecule has 0 bridgehead atoms. The van der Waals surface area contributed by atoms with Gasteiger partial charge in [-0.2, -0.15) is 3.89 Å². The van der Waals surface area contributed by atoms with E-state index in [2.05, 4.69) is 0 Å². The first-order valence-electron chi connectivity index (χ1n) is 4.38. The first-order valence-corrected chi connectivity index (χ1v) is 5.78. The minimum absolute atomic E-state index is 0.306. The van der Waals surface area contributed by atoms with Crippen molar-refractivity contribution in [2.24, 2.45) is 0 Å². The first-order chi connectivity index (χ1) is 6.47. The van der Waals surface area contributed by atoms with Crippen molar-refractivity contribution in [2.75, 3.05) is 13.1 Å². The van der Waals surface area contributed by atoms with E-state index in [0.717, 1.165) is 5.56 Å². The fraction of sp³-hybridized carbons (Fsp3) is 0.333. The smallest absolute Gasteiger partial charge is 0.241 e. The van der Waals surface area contributed by atoms with E-state index in [4.69, 9.17) is 4.55 Å². The number of benzene rings is 1. The first kappa shape index (κ1) is 9.64. The standard InChI is InChI=1S/C9H11NO3S/c1-8-4-2-3-5-9(8)10(6-7-10)14(11,12)13/h2-5H,6-7H2,1H3/p+1. The molecule has 1 saturated heterocycles. The summed E-state index contributed by atoms with van der Waals surface area (Å²) in [5.41, 5.74) is 1.57. The summed E-state index contributed by atoms with van der Waals surface area (Å²) in [6.45, 7) is 2.77. The summed E-state index contributed by atoms with van der Waals surface area (Å²) in [5, 5.41) is 0. The molecule has 0 saturated carbocycles. The molecule has 76 valence electrons. The van der Waals surface area contributed by atoms with Crippen LogP contribution < -0.4 is 3.89 Å². The molecule has 5 heteroatoms. The van der Waals surface area contributed by atoms with Crippen LogP contribution in [0.5, 0.6) is 0 Å². The summed E-state index contributed by atoms with van der Waals surface area (Å²) in [4.78, 5) is 0. The van der Waals surface area contributed by atoms with Gasteiger partial charge in [0.05, 0.1) is 0 Å². The Balaban J connectivity index is 2.57. The third kappa shape index (κ3) is 1.25. The highest BCUT2D eigenvalue weighted by molar-refractivity contribution is 7.85. The zero-order valence-electron chi connectivity index (χ0n) is 7.84. The summed E-state index contributed by atoms with van der Waals surface area (Å²) < 4.78 is 31.2. The number of aryl methyl sites for hydroxylation is 1. The van der Waals surface area contributed by atoms with Gasteiger partial charge in [-0.25, -0.2) is 4.55 Å². The van der Waals surface area contributed by atoms with Crippen molar-refractivity contribution in [1.29, 1.82) is 0 Å². The van der Waals surface area contributed by atoms with E-state index in [-0.39, 0.29) is 3.89 Å². The minimum atomic E-state index is -4.03. The maximum Gasteiger partial charge on any atom is 0.438 e. The van der Waals surface area contributed by atoms with Gasteiger partial charge in [-0.3, -0.25) is 0 Å². The summed E-state index contributed by atoms with van der Waals surface area (Å²) in [6.07, 6.45) is 0. The molecule has 1 fully saturated rings. The lowest BCUT2D eigenvalue weighted by atomic mass is 10.2. The molecule has 0 unspecified atom stereocenters. The average molecular weight is 214 g/mol. The predicted octanol–water partition coefficient (Wildman–Crippen LogP) is 1.12. The molecule has 1 aromatic carbocycles. The van der Waals surface area contributed by atoms with E-state index in [9.17, 15) is 8.42 Å². The lowest BCUT2D eigenvalue weighted by Crippen LogP contribution is -2.34. The van der Waals surface area contributed by atoms with Crippen molar-refractivity contribution in [3.8, 4) is 0 Å². The molecule has 1 heterocycles. The van der Waals surface area contributed by atoms with Gasteiger partial charge >= 0.3 is 10.3 Å². The third-order valence-electron chi connectivity index (χ3n) is 2.63. The number of hydrogen-bond donors (Lipinski definition) is 1. The lowest BCUT2D eigenvalue weighted by Gasteiger charge is -2.14. The van der Waals surface area contributed by atoms with Gasteiger partial charge in [0.25, 0.3) is 0 Å². The second-order valence-electron chi connectivity index (χ2n) is 3.57. The van der Waals surface area contributed by atoms with Crippen LogP contribution in [-0.4, -0.2) is 26.1 Å². The Kier molecular flexibility index (Phi) is 1.92. The van der Waals surface area contributed by atoms with Crippen LogP contribution in [0.1, 0.15) is 5.56 Å². The highest BCUT2D eigenvalue weighted by Crippen LogP contribution is 2.37. The van der Waals surface area contributed by atoms with Crippen molar-refractivity contribution in [1.82, 2.24) is 3.89 Å². The molecule has 0 radical (unpaired) electrons. The lowest BCUT2D eigenvalue weighted by molar-refractivity contribution is 0.445. The maximum atomic E-state index is 11.2. The number of para-hydroxylation sites is 1. The van der Waals surface area contributed by atoms with Gasteiger partial charge in [-0.15, -0.1) is 8.42 Å². The van der Waals surface area contributed by atoms with Gasteiger partial charge in [0.1, 0.15) is 0 Å². The van der Waals surface area contributed by atoms with E-state index in [1.807, 2.05) is 19.1 Å². The minimum Gasteiger partial charge on any atom is -0.241 e. The van der Waals surface area contributed by atoms with Crippen molar-refractivity contribution in [3.05, 3.63) is 29.8 Å². The van der Waals surface area contributed by atoms with E-state index >= 15 is 0 Å². The fourth-order valence-electron chi connectivity index (χ4n) is 1.71. The van der Waals surface area contributed by atoms with E-state index in [1.54, 1.807) is 12.1 Å². The van der Waals surface area contributed by atoms with Gasteiger partial charge in [-0.1, -0.05) is 18.2 Å². The van der Waals surface area contributed by atoms with Crippen LogP contribution in [-0.2, 0) is 10.3 Å². The average Bonchev–Trinajstić information content (AvgIpc) is 2.84. The van der Waals surface area contributed by atoms with Crippen LogP contribution in [0.4, 0.5) is 5.69 Å². The molecule has 14 heavy (non-hydrogen) atoms. The second-order valence-corrected chi connectivity index (χ2v) is 5.17. The van der Waals surface area contributed by atoms with Gasteiger partial charge in [0.15, 0.2) is 18.8 Å². The number of rotatable bonds is 2. The SMILES string of the molecule is Cc1ccccc1[N+]1(S(=O)(=O)O)CC1. The molecule has 0 amide bonds. The van der Waals surface area contributed by atoms with Crippen LogP contribution >= 0.6 is 0 Å². The Labute approximate surface area is 83.3 Å². The maximum absolute atomic E-state index is 11.2. The Bertz CT molecular complexity index is 463. The summed E-state index contributed by atoms with van der Waals surface area (Å²) >= 11 is 0. The molecule has 2 rings (SSSR count). The van der Waals surface area contributed by atoms with Gasteiger partial charge in [0.2, 0.25) is 0 Å². The van der Waals surface area contributed by atoms with Crippen LogP contribution in [0, 0.1) is 6.92 Å². The quantitative estimate of drug-likeness (QED) is 0.456. The van der Waals surface area contributed by atoms with Crippen molar-refractivity contribution < 1.29 is 13.0 Å². The van der Waals surface area contributed by atoms with E-state index < -0.39 is 10.3 Å². The molecule has 0 aromatic heterocycles. The van der Waals surface area contributed by atoms with Crippen LogP contribution in [0.15, 0.2) is 24.3 Å². The largest absolute Gasteiger partial charge is 0.438 e. The van der Waals surface area contributed by atoms with Crippen LogP contribution in [0.3, 0.4) is 0 Å². The zero-order chi connectivity index (χ0) is 10.4. The predicted molar refractivity (Wildman–Crippen MR) is 54.3 cm³/mol. The Morgan fingerprint density at radius 2 is 1.86 bits per heavy atom. The Morgan fingerprint density at radius 1 is 1.29 bits per heavy atom.